The number of esters is 1. The Kier molecular flexibility index (Phi) is 5.14. The molecule has 0 atom stereocenters. The van der Waals surface area contributed by atoms with Crippen molar-refractivity contribution in [2.24, 2.45) is 4.99 Å². The van der Waals surface area contributed by atoms with E-state index >= 15 is 0 Å². The van der Waals surface area contributed by atoms with Gasteiger partial charge in [0.15, 0.2) is 5.70 Å². The molecule has 1 aliphatic rings. The summed E-state index contributed by atoms with van der Waals surface area (Å²) in [4.78, 5) is 26.1. The zero-order chi connectivity index (χ0) is 18.4. The third-order valence-corrected chi connectivity index (χ3v) is 3.50. The SMILES string of the molecule is O=C1OC(/C=C/c2ccc([N+](=O)[O-])cc2)=NC/1=C\C=C\c1ccccc1. The van der Waals surface area contributed by atoms with Gasteiger partial charge in [0, 0.05) is 18.2 Å². The third-order valence-electron chi connectivity index (χ3n) is 3.50. The number of carbonyl (C=O) groups is 1. The van der Waals surface area contributed by atoms with Crippen LogP contribution < -0.4 is 0 Å². The van der Waals surface area contributed by atoms with Gasteiger partial charge in [-0.2, -0.15) is 0 Å². The number of benzene rings is 2. The van der Waals surface area contributed by atoms with Crippen LogP contribution in [0.3, 0.4) is 0 Å². The van der Waals surface area contributed by atoms with Crippen LogP contribution >= 0.6 is 0 Å². The van der Waals surface area contributed by atoms with E-state index in [4.69, 9.17) is 4.74 Å². The fraction of sp³-hybridized carbons (Fsp3) is 0. The summed E-state index contributed by atoms with van der Waals surface area (Å²) in [5.41, 5.74) is 1.97. The van der Waals surface area contributed by atoms with E-state index in [1.165, 1.54) is 12.1 Å². The normalized spacial score (nSPS) is 15.6. The van der Waals surface area contributed by atoms with Crippen molar-refractivity contribution in [3.05, 3.63) is 99.8 Å². The van der Waals surface area contributed by atoms with Crippen molar-refractivity contribution in [1.29, 1.82) is 0 Å². The highest BCUT2D eigenvalue weighted by Crippen LogP contribution is 2.15. The average Bonchev–Trinajstić information content (AvgIpc) is 3.01. The molecular formula is C20H14N2O4. The number of carbonyl (C=O) groups excluding carboxylic acids is 1. The summed E-state index contributed by atoms with van der Waals surface area (Å²) in [7, 11) is 0. The molecule has 26 heavy (non-hydrogen) atoms. The van der Waals surface area contributed by atoms with Gasteiger partial charge in [0.2, 0.25) is 5.90 Å². The molecular weight excluding hydrogens is 332 g/mol. The average molecular weight is 346 g/mol. The predicted molar refractivity (Wildman–Crippen MR) is 99.2 cm³/mol. The number of non-ortho nitro benzene ring substituents is 1. The van der Waals surface area contributed by atoms with E-state index in [0.29, 0.717) is 0 Å². The van der Waals surface area contributed by atoms with Gasteiger partial charge in [0.1, 0.15) is 0 Å². The minimum absolute atomic E-state index is 0.0159. The Morgan fingerprint density at radius 3 is 2.31 bits per heavy atom. The summed E-state index contributed by atoms with van der Waals surface area (Å²) in [6, 6.07) is 15.7. The maximum atomic E-state index is 11.8. The fourth-order valence-electron chi connectivity index (χ4n) is 2.20. The topological polar surface area (TPSA) is 81.8 Å². The van der Waals surface area contributed by atoms with E-state index in [9.17, 15) is 14.9 Å². The van der Waals surface area contributed by atoms with Crippen LogP contribution in [0.5, 0.6) is 0 Å². The van der Waals surface area contributed by atoms with Crippen LogP contribution in [0.2, 0.25) is 0 Å². The molecule has 6 heteroatoms. The quantitative estimate of drug-likeness (QED) is 0.352. The number of hydrogen-bond acceptors (Lipinski definition) is 5. The van der Waals surface area contributed by atoms with Gasteiger partial charge in [-0.25, -0.2) is 9.79 Å². The Balaban J connectivity index is 1.68. The molecule has 0 aliphatic carbocycles. The second-order valence-electron chi connectivity index (χ2n) is 5.34. The van der Waals surface area contributed by atoms with Crippen molar-refractivity contribution in [3.8, 4) is 0 Å². The van der Waals surface area contributed by atoms with Gasteiger partial charge >= 0.3 is 5.97 Å². The van der Waals surface area contributed by atoms with Gasteiger partial charge in [-0.1, -0.05) is 42.5 Å². The summed E-state index contributed by atoms with van der Waals surface area (Å²) in [6.45, 7) is 0. The van der Waals surface area contributed by atoms with Gasteiger partial charge in [0.05, 0.1) is 4.92 Å². The van der Waals surface area contributed by atoms with E-state index < -0.39 is 10.9 Å². The maximum absolute atomic E-state index is 11.8. The number of hydrogen-bond donors (Lipinski definition) is 0. The second kappa shape index (κ2) is 7.85. The molecule has 0 bridgehead atoms. The summed E-state index contributed by atoms with van der Waals surface area (Å²) < 4.78 is 5.07. The smallest absolute Gasteiger partial charge is 0.363 e. The molecule has 0 aromatic heterocycles. The number of nitro benzene ring substituents is 1. The van der Waals surface area contributed by atoms with Gasteiger partial charge in [-0.05, 0) is 35.4 Å². The molecule has 0 spiro atoms. The van der Waals surface area contributed by atoms with Gasteiger partial charge in [0.25, 0.3) is 5.69 Å². The first-order valence-electron chi connectivity index (χ1n) is 7.79. The van der Waals surface area contributed by atoms with Crippen LogP contribution in [0.15, 0.2) is 83.5 Å². The molecule has 0 unspecified atom stereocenters. The highest BCUT2D eigenvalue weighted by molar-refractivity contribution is 6.09. The van der Waals surface area contributed by atoms with Crippen LogP contribution in [0, 0.1) is 10.1 Å². The Labute approximate surface area is 149 Å². The highest BCUT2D eigenvalue weighted by Gasteiger charge is 2.20. The summed E-state index contributed by atoms with van der Waals surface area (Å²) in [6.07, 6.45) is 8.39. The number of nitro groups is 1. The van der Waals surface area contributed by atoms with Crippen molar-refractivity contribution >= 4 is 29.7 Å². The standard InChI is InChI=1S/C20H14N2O4/c23-20-18(8-4-7-15-5-2-1-3-6-15)21-19(26-20)14-11-16-9-12-17(13-10-16)22(24)25/h1-14H/b7-4+,14-11+,18-8-. The summed E-state index contributed by atoms with van der Waals surface area (Å²) in [5.74, 6) is -0.348. The van der Waals surface area contributed by atoms with E-state index in [2.05, 4.69) is 4.99 Å². The van der Waals surface area contributed by atoms with Gasteiger partial charge in [-0.15, -0.1) is 0 Å². The van der Waals surface area contributed by atoms with Crippen LogP contribution in [0.1, 0.15) is 11.1 Å². The molecule has 3 rings (SSSR count). The lowest BCUT2D eigenvalue weighted by Gasteiger charge is -1.94. The van der Waals surface area contributed by atoms with Crippen LogP contribution in [0.25, 0.3) is 12.2 Å². The van der Waals surface area contributed by atoms with E-state index in [1.807, 2.05) is 36.4 Å². The lowest BCUT2D eigenvalue weighted by Crippen LogP contribution is -2.00. The third kappa shape index (κ3) is 4.39. The number of rotatable bonds is 5. The lowest BCUT2D eigenvalue weighted by atomic mass is 10.2. The molecule has 2 aromatic rings. The van der Waals surface area contributed by atoms with E-state index in [1.54, 1.807) is 36.4 Å². The first kappa shape index (κ1) is 17.0. The van der Waals surface area contributed by atoms with E-state index in [0.717, 1.165) is 11.1 Å². The summed E-state index contributed by atoms with van der Waals surface area (Å²) >= 11 is 0. The van der Waals surface area contributed by atoms with E-state index in [-0.39, 0.29) is 17.3 Å². The molecule has 0 amide bonds. The number of ether oxygens (including phenoxy) is 1. The van der Waals surface area contributed by atoms with Crippen LogP contribution in [-0.2, 0) is 9.53 Å². The Morgan fingerprint density at radius 1 is 0.923 bits per heavy atom. The van der Waals surface area contributed by atoms with Crippen molar-refractivity contribution < 1.29 is 14.5 Å². The molecule has 0 saturated carbocycles. The Bertz CT molecular complexity index is 940. The first-order valence-corrected chi connectivity index (χ1v) is 7.79. The Morgan fingerprint density at radius 2 is 1.62 bits per heavy atom. The molecule has 0 N–H and O–H groups in total. The molecule has 2 aromatic carbocycles. The highest BCUT2D eigenvalue weighted by atomic mass is 16.6. The molecule has 0 radical (unpaired) electrons. The molecule has 1 aliphatic heterocycles. The monoisotopic (exact) mass is 346 g/mol. The van der Waals surface area contributed by atoms with Crippen molar-refractivity contribution in [1.82, 2.24) is 0 Å². The summed E-state index contributed by atoms with van der Waals surface area (Å²) in [5, 5.41) is 10.6. The fourth-order valence-corrected chi connectivity index (χ4v) is 2.20. The first-order chi connectivity index (χ1) is 12.6. The largest absolute Gasteiger partial charge is 0.403 e. The number of allylic oxidation sites excluding steroid dienone is 2. The van der Waals surface area contributed by atoms with Crippen molar-refractivity contribution in [2.75, 3.05) is 0 Å². The van der Waals surface area contributed by atoms with Gasteiger partial charge < -0.3 is 4.74 Å². The Hall–Kier alpha value is -3.80. The molecule has 0 fully saturated rings. The van der Waals surface area contributed by atoms with Crippen LogP contribution in [0.4, 0.5) is 5.69 Å². The van der Waals surface area contributed by atoms with Crippen LogP contribution in [-0.4, -0.2) is 16.8 Å². The number of cyclic esters (lactones) is 1. The van der Waals surface area contributed by atoms with Crippen molar-refractivity contribution in [3.63, 3.8) is 0 Å². The minimum Gasteiger partial charge on any atom is -0.403 e. The zero-order valence-corrected chi connectivity index (χ0v) is 13.6. The predicted octanol–water partition coefficient (Wildman–Crippen LogP) is 4.16. The maximum Gasteiger partial charge on any atom is 0.363 e. The second-order valence-corrected chi connectivity index (χ2v) is 5.34. The molecule has 6 nitrogen and oxygen atoms in total. The molecule has 1 heterocycles. The number of aliphatic imine (C=N–C) groups is 1. The molecule has 0 saturated heterocycles. The number of nitrogens with zero attached hydrogens (tertiary/aromatic N) is 2. The lowest BCUT2D eigenvalue weighted by molar-refractivity contribution is -0.384. The molecule has 128 valence electrons. The minimum atomic E-state index is -0.522. The van der Waals surface area contributed by atoms with Gasteiger partial charge in [-0.3, -0.25) is 10.1 Å². The van der Waals surface area contributed by atoms with Crippen molar-refractivity contribution in [2.45, 2.75) is 0 Å². The zero-order valence-electron chi connectivity index (χ0n) is 13.6.